The van der Waals surface area contributed by atoms with Crippen molar-refractivity contribution < 1.29 is 9.90 Å². The molecule has 1 aromatic heterocycles. The maximum absolute atomic E-state index is 11.0. The third-order valence-corrected chi connectivity index (χ3v) is 3.49. The Balaban J connectivity index is 1.85. The van der Waals surface area contributed by atoms with Crippen molar-refractivity contribution in [2.45, 2.75) is 30.1 Å². The van der Waals surface area contributed by atoms with E-state index in [0.29, 0.717) is 11.8 Å². The number of hydrogen-bond donors (Lipinski definition) is 2. The van der Waals surface area contributed by atoms with Gasteiger partial charge >= 0.3 is 5.97 Å². The maximum atomic E-state index is 11.0. The molecule has 2 N–H and O–H groups in total. The maximum Gasteiger partial charge on any atom is 0.321 e. The van der Waals surface area contributed by atoms with Crippen molar-refractivity contribution in [1.29, 1.82) is 0 Å². The summed E-state index contributed by atoms with van der Waals surface area (Å²) in [6.45, 7) is 0. The molecule has 0 aromatic carbocycles. The number of rotatable bonds is 6. The highest BCUT2D eigenvalue weighted by molar-refractivity contribution is 7.99. The van der Waals surface area contributed by atoms with Crippen LogP contribution in [-0.4, -0.2) is 43.7 Å². The number of aliphatic carboxylic acids is 1. The van der Waals surface area contributed by atoms with Crippen LogP contribution in [0, 0.1) is 0 Å². The number of carbonyl (C=O) groups is 1. The molecule has 0 amide bonds. The number of aryl methyl sites for hydroxylation is 1. The van der Waals surface area contributed by atoms with Crippen LogP contribution in [0.5, 0.6) is 0 Å². The van der Waals surface area contributed by atoms with Gasteiger partial charge in [0.15, 0.2) is 5.16 Å². The van der Waals surface area contributed by atoms with Gasteiger partial charge in [0.25, 0.3) is 0 Å². The summed E-state index contributed by atoms with van der Waals surface area (Å²) in [6, 6.07) is -0.115. The van der Waals surface area contributed by atoms with Gasteiger partial charge in [0.1, 0.15) is 12.4 Å². The molecular weight excluding hydrogens is 228 g/mol. The highest BCUT2D eigenvalue weighted by Gasteiger charge is 2.28. The molecule has 0 radical (unpaired) electrons. The molecule has 0 spiro atoms. The predicted octanol–water partition coefficient (Wildman–Crippen LogP) is 0.112. The Morgan fingerprint density at radius 1 is 1.81 bits per heavy atom. The topological polar surface area (TPSA) is 80.0 Å². The first-order valence-electron chi connectivity index (χ1n) is 5.12. The molecule has 1 unspecified atom stereocenters. The summed E-state index contributed by atoms with van der Waals surface area (Å²) >= 11 is 1.41. The molecule has 1 fully saturated rings. The van der Waals surface area contributed by atoms with E-state index in [-0.39, 0.29) is 0 Å². The fourth-order valence-electron chi connectivity index (χ4n) is 1.30. The van der Waals surface area contributed by atoms with E-state index in [1.165, 1.54) is 18.1 Å². The van der Waals surface area contributed by atoms with E-state index in [9.17, 15) is 4.79 Å². The van der Waals surface area contributed by atoms with Crippen LogP contribution in [-0.2, 0) is 11.8 Å². The van der Waals surface area contributed by atoms with Gasteiger partial charge < -0.3 is 10.4 Å². The van der Waals surface area contributed by atoms with E-state index in [1.54, 1.807) is 11.7 Å². The van der Waals surface area contributed by atoms with E-state index >= 15 is 0 Å². The zero-order chi connectivity index (χ0) is 11.5. The van der Waals surface area contributed by atoms with Gasteiger partial charge in [-0.15, -0.1) is 0 Å². The van der Waals surface area contributed by atoms with Crippen LogP contribution in [0.15, 0.2) is 11.5 Å². The van der Waals surface area contributed by atoms with Crippen molar-refractivity contribution in [3.63, 3.8) is 0 Å². The van der Waals surface area contributed by atoms with Gasteiger partial charge in [-0.3, -0.25) is 4.79 Å². The van der Waals surface area contributed by atoms with Gasteiger partial charge in [-0.1, -0.05) is 11.8 Å². The Morgan fingerprint density at radius 3 is 3.06 bits per heavy atom. The monoisotopic (exact) mass is 242 g/mol. The summed E-state index contributed by atoms with van der Waals surface area (Å²) in [5, 5.41) is 16.8. The molecule has 0 bridgehead atoms. The van der Waals surface area contributed by atoms with Gasteiger partial charge in [-0.05, 0) is 12.8 Å². The molecule has 1 aromatic rings. The highest BCUT2D eigenvalue weighted by atomic mass is 32.2. The number of hydrogen-bond acceptors (Lipinski definition) is 5. The number of thioether (sulfide) groups is 1. The number of nitrogens with one attached hydrogen (secondary N) is 1. The van der Waals surface area contributed by atoms with Gasteiger partial charge in [0.2, 0.25) is 0 Å². The standard InChI is InChI=1S/C9H14N4O2S/c1-13-9(10-5-11-13)16-4-7(8(14)15)12-6-2-3-6/h5-7,12H,2-4H2,1H3,(H,14,15). The number of carboxylic acids is 1. The largest absolute Gasteiger partial charge is 0.480 e. The molecule has 1 aliphatic carbocycles. The van der Waals surface area contributed by atoms with Crippen molar-refractivity contribution in [1.82, 2.24) is 20.1 Å². The van der Waals surface area contributed by atoms with Crippen LogP contribution in [0.25, 0.3) is 0 Å². The van der Waals surface area contributed by atoms with Crippen LogP contribution in [0.2, 0.25) is 0 Å². The smallest absolute Gasteiger partial charge is 0.321 e. The molecule has 2 rings (SSSR count). The van der Waals surface area contributed by atoms with E-state index in [1.807, 2.05) is 0 Å². The lowest BCUT2D eigenvalue weighted by atomic mass is 10.3. The molecule has 88 valence electrons. The summed E-state index contributed by atoms with van der Waals surface area (Å²) in [4.78, 5) is 15.0. The number of nitrogens with zero attached hydrogens (tertiary/aromatic N) is 3. The molecule has 0 saturated heterocycles. The van der Waals surface area contributed by atoms with Crippen molar-refractivity contribution in [2.24, 2.45) is 7.05 Å². The average molecular weight is 242 g/mol. The van der Waals surface area contributed by atoms with E-state index in [2.05, 4.69) is 15.4 Å². The second kappa shape index (κ2) is 4.84. The first-order valence-corrected chi connectivity index (χ1v) is 6.11. The zero-order valence-electron chi connectivity index (χ0n) is 8.96. The molecule has 16 heavy (non-hydrogen) atoms. The first-order chi connectivity index (χ1) is 7.66. The SMILES string of the molecule is Cn1ncnc1SCC(NC1CC1)C(=O)O. The molecule has 7 heteroatoms. The summed E-state index contributed by atoms with van der Waals surface area (Å²) < 4.78 is 1.64. The van der Waals surface area contributed by atoms with Crippen LogP contribution >= 0.6 is 11.8 Å². The Kier molecular flexibility index (Phi) is 3.45. The Morgan fingerprint density at radius 2 is 2.56 bits per heavy atom. The fraction of sp³-hybridized carbons (Fsp3) is 0.667. The first kappa shape index (κ1) is 11.4. The lowest BCUT2D eigenvalue weighted by molar-refractivity contribution is -0.138. The Bertz CT molecular complexity index is 377. The molecule has 1 heterocycles. The molecule has 1 atom stereocenters. The molecule has 6 nitrogen and oxygen atoms in total. The minimum atomic E-state index is -0.804. The van der Waals surface area contributed by atoms with E-state index in [0.717, 1.165) is 18.0 Å². The summed E-state index contributed by atoms with van der Waals surface area (Å²) in [7, 11) is 1.79. The average Bonchev–Trinajstić information content (AvgIpc) is 2.96. The zero-order valence-corrected chi connectivity index (χ0v) is 9.78. The third-order valence-electron chi connectivity index (χ3n) is 2.36. The molecule has 1 aliphatic rings. The summed E-state index contributed by atoms with van der Waals surface area (Å²) in [5.74, 6) is -0.334. The second-order valence-electron chi connectivity index (χ2n) is 3.81. The normalized spacial score (nSPS) is 17.3. The Hall–Kier alpha value is -1.08. The van der Waals surface area contributed by atoms with Crippen LogP contribution < -0.4 is 5.32 Å². The van der Waals surface area contributed by atoms with Crippen LogP contribution in [0.3, 0.4) is 0 Å². The van der Waals surface area contributed by atoms with Gasteiger partial charge in [-0.2, -0.15) is 5.10 Å². The lowest BCUT2D eigenvalue weighted by Gasteiger charge is -2.12. The summed E-state index contributed by atoms with van der Waals surface area (Å²) in [5.41, 5.74) is 0. The van der Waals surface area contributed by atoms with Crippen molar-refractivity contribution in [3.8, 4) is 0 Å². The van der Waals surface area contributed by atoms with Crippen molar-refractivity contribution in [3.05, 3.63) is 6.33 Å². The van der Waals surface area contributed by atoms with E-state index in [4.69, 9.17) is 5.11 Å². The Labute approximate surface area is 97.4 Å². The number of aromatic nitrogens is 3. The highest BCUT2D eigenvalue weighted by Crippen LogP contribution is 2.21. The van der Waals surface area contributed by atoms with Gasteiger partial charge in [-0.25, -0.2) is 9.67 Å². The van der Waals surface area contributed by atoms with Crippen LogP contribution in [0.1, 0.15) is 12.8 Å². The van der Waals surface area contributed by atoms with Gasteiger partial charge in [0.05, 0.1) is 0 Å². The second-order valence-corrected chi connectivity index (χ2v) is 4.80. The lowest BCUT2D eigenvalue weighted by Crippen LogP contribution is -2.40. The minimum Gasteiger partial charge on any atom is -0.480 e. The van der Waals surface area contributed by atoms with Crippen molar-refractivity contribution >= 4 is 17.7 Å². The van der Waals surface area contributed by atoms with Crippen molar-refractivity contribution in [2.75, 3.05) is 5.75 Å². The predicted molar refractivity (Wildman–Crippen MR) is 59.3 cm³/mol. The fourth-order valence-corrected chi connectivity index (χ4v) is 2.21. The molecule has 0 aliphatic heterocycles. The number of carboxylic acid groups (broad SMARTS) is 1. The minimum absolute atomic E-state index is 0.390. The molecule has 1 saturated carbocycles. The summed E-state index contributed by atoms with van der Waals surface area (Å²) in [6.07, 6.45) is 3.63. The van der Waals surface area contributed by atoms with E-state index < -0.39 is 12.0 Å². The van der Waals surface area contributed by atoms with Gasteiger partial charge in [0, 0.05) is 18.8 Å². The third kappa shape index (κ3) is 2.96. The molecular formula is C9H14N4O2S. The van der Waals surface area contributed by atoms with Crippen LogP contribution in [0.4, 0.5) is 0 Å². The quantitative estimate of drug-likeness (QED) is 0.689.